The summed E-state index contributed by atoms with van der Waals surface area (Å²) in [6.45, 7) is 0.672. The van der Waals surface area contributed by atoms with Crippen molar-refractivity contribution in [3.8, 4) is 11.5 Å². The van der Waals surface area contributed by atoms with E-state index < -0.39 is 0 Å². The lowest BCUT2D eigenvalue weighted by Crippen LogP contribution is -2.10. The highest BCUT2D eigenvalue weighted by Crippen LogP contribution is 2.28. The quantitative estimate of drug-likeness (QED) is 0.658. The van der Waals surface area contributed by atoms with Crippen LogP contribution in [0.25, 0.3) is 0 Å². The third-order valence-electron chi connectivity index (χ3n) is 3.79. The third kappa shape index (κ3) is 4.17. The van der Waals surface area contributed by atoms with Gasteiger partial charge in [-0.15, -0.1) is 11.3 Å². The number of methoxy groups -OCH3 is 2. The molecule has 3 aromatic rings. The summed E-state index contributed by atoms with van der Waals surface area (Å²) in [6.07, 6.45) is 4.18. The van der Waals surface area contributed by atoms with Crippen LogP contribution in [0.3, 0.4) is 0 Å². The molecule has 2 aromatic heterocycles. The molecule has 0 atom stereocenters. The van der Waals surface area contributed by atoms with Crippen LogP contribution in [0.4, 0.5) is 5.69 Å². The predicted molar refractivity (Wildman–Crippen MR) is 103 cm³/mol. The summed E-state index contributed by atoms with van der Waals surface area (Å²) < 4.78 is 12.3. The second kappa shape index (κ2) is 8.25. The molecule has 0 aliphatic rings. The Hall–Kier alpha value is -2.51. The molecule has 0 spiro atoms. The molecule has 136 valence electrons. The number of anilines is 1. The predicted octanol–water partition coefficient (Wildman–Crippen LogP) is 4.11. The molecule has 26 heavy (non-hydrogen) atoms. The van der Waals surface area contributed by atoms with Gasteiger partial charge in [0.15, 0.2) is 11.5 Å². The SMILES string of the molecule is COc1ccc(CCn2cc(NC(=O)c3sccc3Cl)cn2)cc1OC. The van der Waals surface area contributed by atoms with Crippen LogP contribution in [0.5, 0.6) is 11.5 Å². The van der Waals surface area contributed by atoms with Gasteiger partial charge in [0.1, 0.15) is 4.88 Å². The largest absolute Gasteiger partial charge is 0.493 e. The van der Waals surface area contributed by atoms with Crippen molar-refractivity contribution in [1.82, 2.24) is 9.78 Å². The summed E-state index contributed by atoms with van der Waals surface area (Å²) in [4.78, 5) is 12.7. The van der Waals surface area contributed by atoms with Gasteiger partial charge in [-0.3, -0.25) is 9.48 Å². The number of rotatable bonds is 7. The van der Waals surface area contributed by atoms with Crippen molar-refractivity contribution in [3.63, 3.8) is 0 Å². The lowest BCUT2D eigenvalue weighted by Gasteiger charge is -2.09. The number of thiophene rings is 1. The van der Waals surface area contributed by atoms with Crippen molar-refractivity contribution in [2.45, 2.75) is 13.0 Å². The number of halogens is 1. The number of ether oxygens (including phenoxy) is 2. The van der Waals surface area contributed by atoms with Crippen molar-refractivity contribution in [2.24, 2.45) is 0 Å². The summed E-state index contributed by atoms with van der Waals surface area (Å²) >= 11 is 7.28. The van der Waals surface area contributed by atoms with Crippen LogP contribution in [0.1, 0.15) is 15.2 Å². The van der Waals surface area contributed by atoms with E-state index in [1.54, 1.807) is 42.7 Å². The molecule has 0 aliphatic carbocycles. The maximum absolute atomic E-state index is 12.2. The number of nitrogens with zero attached hydrogens (tertiary/aromatic N) is 2. The topological polar surface area (TPSA) is 65.4 Å². The van der Waals surface area contributed by atoms with Crippen molar-refractivity contribution in [1.29, 1.82) is 0 Å². The molecule has 0 fully saturated rings. The number of nitrogens with one attached hydrogen (secondary N) is 1. The average molecular weight is 392 g/mol. The van der Waals surface area contributed by atoms with Crippen LogP contribution >= 0.6 is 22.9 Å². The first-order chi connectivity index (χ1) is 12.6. The molecule has 2 heterocycles. The zero-order valence-electron chi connectivity index (χ0n) is 14.4. The number of amides is 1. The van der Waals surface area contributed by atoms with E-state index in [4.69, 9.17) is 21.1 Å². The fraction of sp³-hybridized carbons (Fsp3) is 0.222. The minimum atomic E-state index is -0.232. The first-order valence-corrected chi connectivity index (χ1v) is 9.14. The number of carbonyl (C=O) groups is 1. The summed E-state index contributed by atoms with van der Waals surface area (Å²) in [6, 6.07) is 7.53. The van der Waals surface area contributed by atoms with Crippen LogP contribution in [0.2, 0.25) is 5.02 Å². The van der Waals surface area contributed by atoms with Gasteiger partial charge >= 0.3 is 0 Å². The molecule has 0 bridgehead atoms. The fourth-order valence-corrected chi connectivity index (χ4v) is 3.51. The molecule has 0 saturated heterocycles. The number of hydrogen-bond donors (Lipinski definition) is 1. The molecule has 1 N–H and O–H groups in total. The highest BCUT2D eigenvalue weighted by atomic mass is 35.5. The smallest absolute Gasteiger partial charge is 0.267 e. The maximum atomic E-state index is 12.2. The van der Waals surface area contributed by atoms with Crippen molar-refractivity contribution < 1.29 is 14.3 Å². The second-order valence-electron chi connectivity index (χ2n) is 5.48. The molecule has 8 heteroatoms. The molecule has 0 unspecified atom stereocenters. The lowest BCUT2D eigenvalue weighted by atomic mass is 10.1. The molecule has 1 amide bonds. The first kappa shape index (κ1) is 18.3. The van der Waals surface area contributed by atoms with Crippen LogP contribution in [0, 0.1) is 0 Å². The summed E-state index contributed by atoms with van der Waals surface area (Å²) in [7, 11) is 3.23. The standard InChI is InChI=1S/C18H18ClN3O3S/c1-24-15-4-3-12(9-16(15)25-2)5-7-22-11-13(10-20-22)21-18(23)17-14(19)6-8-26-17/h3-4,6,8-11H,5,7H2,1-2H3,(H,21,23). The Labute approximate surface area is 160 Å². The van der Waals surface area contributed by atoms with Crippen molar-refractivity contribution in [2.75, 3.05) is 19.5 Å². The Morgan fingerprint density at radius 1 is 1.27 bits per heavy atom. The lowest BCUT2D eigenvalue weighted by molar-refractivity contribution is 0.103. The van der Waals surface area contributed by atoms with Gasteiger partial charge in [0.2, 0.25) is 0 Å². The monoisotopic (exact) mass is 391 g/mol. The zero-order chi connectivity index (χ0) is 18.5. The Morgan fingerprint density at radius 2 is 2.08 bits per heavy atom. The Kier molecular flexibility index (Phi) is 5.80. The van der Waals surface area contributed by atoms with E-state index in [0.717, 1.165) is 12.0 Å². The van der Waals surface area contributed by atoms with E-state index in [-0.39, 0.29) is 5.91 Å². The summed E-state index contributed by atoms with van der Waals surface area (Å²) in [5, 5.41) is 9.32. The molecular formula is C18H18ClN3O3S. The highest BCUT2D eigenvalue weighted by molar-refractivity contribution is 7.12. The van der Waals surface area contributed by atoms with Gasteiger partial charge in [-0.1, -0.05) is 17.7 Å². The van der Waals surface area contributed by atoms with E-state index in [0.29, 0.717) is 33.6 Å². The van der Waals surface area contributed by atoms with Crippen LogP contribution < -0.4 is 14.8 Å². The molecule has 6 nitrogen and oxygen atoms in total. The summed E-state index contributed by atoms with van der Waals surface area (Å²) in [5.41, 5.74) is 1.74. The molecule has 1 aromatic carbocycles. The normalized spacial score (nSPS) is 10.6. The number of benzene rings is 1. The van der Waals surface area contributed by atoms with Crippen LogP contribution in [-0.2, 0) is 13.0 Å². The Morgan fingerprint density at radius 3 is 2.77 bits per heavy atom. The third-order valence-corrected chi connectivity index (χ3v) is 5.13. The molecule has 3 rings (SSSR count). The minimum Gasteiger partial charge on any atom is -0.493 e. The maximum Gasteiger partial charge on any atom is 0.267 e. The molecular weight excluding hydrogens is 374 g/mol. The van der Waals surface area contributed by atoms with Gasteiger partial charge in [-0.25, -0.2) is 0 Å². The van der Waals surface area contributed by atoms with Gasteiger partial charge in [0.25, 0.3) is 5.91 Å². The molecule has 0 radical (unpaired) electrons. The number of aryl methyl sites for hydroxylation is 2. The van der Waals surface area contributed by atoms with E-state index >= 15 is 0 Å². The van der Waals surface area contributed by atoms with Crippen molar-refractivity contribution >= 4 is 34.5 Å². The molecule has 0 aliphatic heterocycles. The average Bonchev–Trinajstić information content (AvgIpc) is 3.28. The van der Waals surface area contributed by atoms with Crippen LogP contribution in [0.15, 0.2) is 42.0 Å². The fourth-order valence-electron chi connectivity index (χ4n) is 2.47. The Bertz CT molecular complexity index is 907. The minimum absolute atomic E-state index is 0.232. The number of hydrogen-bond acceptors (Lipinski definition) is 5. The van der Waals surface area contributed by atoms with Gasteiger partial charge in [0.05, 0.1) is 31.1 Å². The number of aromatic nitrogens is 2. The van der Waals surface area contributed by atoms with E-state index in [2.05, 4.69) is 10.4 Å². The van der Waals surface area contributed by atoms with E-state index in [9.17, 15) is 4.79 Å². The molecule has 0 saturated carbocycles. The Balaban J connectivity index is 1.60. The van der Waals surface area contributed by atoms with Crippen molar-refractivity contribution in [3.05, 3.63) is 57.5 Å². The summed E-state index contributed by atoms with van der Waals surface area (Å²) in [5.74, 6) is 1.17. The van der Waals surface area contributed by atoms with Gasteiger partial charge in [-0.2, -0.15) is 5.10 Å². The zero-order valence-corrected chi connectivity index (χ0v) is 15.9. The second-order valence-corrected chi connectivity index (χ2v) is 6.81. The van der Waals surface area contributed by atoms with Gasteiger partial charge < -0.3 is 14.8 Å². The van der Waals surface area contributed by atoms with E-state index in [1.165, 1.54) is 11.3 Å². The first-order valence-electron chi connectivity index (χ1n) is 7.88. The highest BCUT2D eigenvalue weighted by Gasteiger charge is 2.13. The number of carbonyl (C=O) groups excluding carboxylic acids is 1. The van der Waals surface area contributed by atoms with Crippen LogP contribution in [-0.4, -0.2) is 29.9 Å². The van der Waals surface area contributed by atoms with E-state index in [1.807, 2.05) is 18.2 Å². The van der Waals surface area contributed by atoms with Gasteiger partial charge in [-0.05, 0) is 35.6 Å². The van der Waals surface area contributed by atoms with Gasteiger partial charge in [0, 0.05) is 12.7 Å².